The Kier molecular flexibility index (Phi) is 5.65. The molecule has 0 radical (unpaired) electrons. The van der Waals surface area contributed by atoms with Crippen molar-refractivity contribution in [3.05, 3.63) is 29.8 Å². The lowest BCUT2D eigenvalue weighted by Gasteiger charge is -2.15. The molecule has 1 unspecified atom stereocenters. The highest BCUT2D eigenvalue weighted by Gasteiger charge is 2.16. The second-order valence-electron chi connectivity index (χ2n) is 4.61. The maximum atomic E-state index is 11.6. The summed E-state index contributed by atoms with van der Waals surface area (Å²) in [6.45, 7) is 4.91. The van der Waals surface area contributed by atoms with Gasteiger partial charge in [-0.3, -0.25) is 4.79 Å². The molecular formula is C14H22N2O2. The van der Waals surface area contributed by atoms with E-state index in [0.717, 1.165) is 11.3 Å². The molecular weight excluding hydrogens is 228 g/mol. The molecule has 2 N–H and O–H groups in total. The van der Waals surface area contributed by atoms with Crippen molar-refractivity contribution >= 4 is 5.91 Å². The smallest absolute Gasteiger partial charge is 0.241 e. The maximum absolute atomic E-state index is 11.6. The molecule has 100 valence electrons. The molecule has 0 bridgehead atoms. The summed E-state index contributed by atoms with van der Waals surface area (Å²) in [7, 11) is 3.40. The van der Waals surface area contributed by atoms with Crippen molar-refractivity contribution in [2.24, 2.45) is 5.92 Å². The Morgan fingerprint density at radius 1 is 1.22 bits per heavy atom. The average Bonchev–Trinajstić information content (AvgIpc) is 2.38. The summed E-state index contributed by atoms with van der Waals surface area (Å²) in [4.78, 5) is 11.6. The van der Waals surface area contributed by atoms with E-state index in [0.29, 0.717) is 12.5 Å². The summed E-state index contributed by atoms with van der Waals surface area (Å²) in [5, 5.41) is 5.62. The van der Waals surface area contributed by atoms with Crippen LogP contribution in [0.5, 0.6) is 5.75 Å². The average molecular weight is 250 g/mol. The second kappa shape index (κ2) is 7.01. The normalized spacial score (nSPS) is 12.3. The van der Waals surface area contributed by atoms with E-state index >= 15 is 0 Å². The fraction of sp³-hybridized carbons (Fsp3) is 0.500. The standard InChI is InChI=1S/C14H22N2O2/c1-10(2)9-18-12-7-5-11(6-8-12)13(15-3)14(17)16-4/h5-8,10,13,15H,9H2,1-4H3,(H,16,17). The first-order chi connectivity index (χ1) is 8.58. The van der Waals surface area contributed by atoms with E-state index < -0.39 is 0 Å². The van der Waals surface area contributed by atoms with Gasteiger partial charge in [0.1, 0.15) is 11.8 Å². The van der Waals surface area contributed by atoms with Gasteiger partial charge in [-0.05, 0) is 30.7 Å². The summed E-state index contributed by atoms with van der Waals surface area (Å²) < 4.78 is 5.60. The number of benzene rings is 1. The fourth-order valence-electron chi connectivity index (χ4n) is 1.61. The number of hydrogen-bond acceptors (Lipinski definition) is 3. The first kappa shape index (κ1) is 14.5. The molecule has 1 rings (SSSR count). The Bertz CT molecular complexity index is 374. The van der Waals surface area contributed by atoms with E-state index in [-0.39, 0.29) is 11.9 Å². The number of hydrogen-bond donors (Lipinski definition) is 2. The molecule has 0 aliphatic rings. The molecule has 4 heteroatoms. The lowest BCUT2D eigenvalue weighted by atomic mass is 10.1. The Balaban J connectivity index is 2.71. The van der Waals surface area contributed by atoms with Gasteiger partial charge in [-0.2, -0.15) is 0 Å². The van der Waals surface area contributed by atoms with Gasteiger partial charge < -0.3 is 15.4 Å². The minimum Gasteiger partial charge on any atom is -0.493 e. The van der Waals surface area contributed by atoms with Gasteiger partial charge in [0, 0.05) is 7.05 Å². The van der Waals surface area contributed by atoms with Crippen molar-refractivity contribution in [2.45, 2.75) is 19.9 Å². The molecule has 1 aromatic rings. The number of nitrogens with one attached hydrogen (secondary N) is 2. The molecule has 0 aromatic heterocycles. The third-order valence-corrected chi connectivity index (χ3v) is 2.59. The van der Waals surface area contributed by atoms with Crippen LogP contribution in [0.25, 0.3) is 0 Å². The van der Waals surface area contributed by atoms with Gasteiger partial charge in [0.05, 0.1) is 6.61 Å². The number of carbonyl (C=O) groups is 1. The molecule has 1 aromatic carbocycles. The fourth-order valence-corrected chi connectivity index (χ4v) is 1.61. The van der Waals surface area contributed by atoms with Crippen LogP contribution < -0.4 is 15.4 Å². The highest BCUT2D eigenvalue weighted by Crippen LogP contribution is 2.18. The van der Waals surface area contributed by atoms with Crippen LogP contribution in [0, 0.1) is 5.92 Å². The zero-order valence-corrected chi connectivity index (χ0v) is 11.5. The Hall–Kier alpha value is -1.55. The molecule has 0 aliphatic heterocycles. The van der Waals surface area contributed by atoms with Crippen molar-refractivity contribution in [1.29, 1.82) is 0 Å². The van der Waals surface area contributed by atoms with Crippen molar-refractivity contribution in [3.63, 3.8) is 0 Å². The molecule has 0 aliphatic carbocycles. The van der Waals surface area contributed by atoms with Crippen LogP contribution in [0.15, 0.2) is 24.3 Å². The van der Waals surface area contributed by atoms with Crippen molar-refractivity contribution < 1.29 is 9.53 Å². The van der Waals surface area contributed by atoms with E-state index in [1.54, 1.807) is 14.1 Å². The quantitative estimate of drug-likeness (QED) is 0.808. The van der Waals surface area contributed by atoms with Gasteiger partial charge in [-0.15, -0.1) is 0 Å². The lowest BCUT2D eigenvalue weighted by molar-refractivity contribution is -0.122. The molecule has 18 heavy (non-hydrogen) atoms. The Labute approximate surface area is 109 Å². The number of likely N-dealkylation sites (N-methyl/N-ethyl adjacent to an activating group) is 2. The monoisotopic (exact) mass is 250 g/mol. The van der Waals surface area contributed by atoms with Crippen molar-refractivity contribution in [2.75, 3.05) is 20.7 Å². The zero-order valence-electron chi connectivity index (χ0n) is 11.5. The summed E-state index contributed by atoms with van der Waals surface area (Å²) in [5.74, 6) is 1.29. The number of amides is 1. The predicted molar refractivity (Wildman–Crippen MR) is 72.6 cm³/mol. The highest BCUT2D eigenvalue weighted by atomic mass is 16.5. The number of rotatable bonds is 6. The zero-order chi connectivity index (χ0) is 13.5. The van der Waals surface area contributed by atoms with Gasteiger partial charge in [-0.1, -0.05) is 26.0 Å². The van der Waals surface area contributed by atoms with Crippen LogP contribution in [-0.4, -0.2) is 26.6 Å². The molecule has 0 fully saturated rings. The van der Waals surface area contributed by atoms with E-state index in [9.17, 15) is 4.79 Å². The minimum absolute atomic E-state index is 0.0478. The molecule has 0 spiro atoms. The summed E-state index contributed by atoms with van der Waals surface area (Å²) in [6.07, 6.45) is 0. The van der Waals surface area contributed by atoms with Gasteiger partial charge in [0.2, 0.25) is 5.91 Å². The highest BCUT2D eigenvalue weighted by molar-refractivity contribution is 5.82. The first-order valence-electron chi connectivity index (χ1n) is 6.20. The van der Waals surface area contributed by atoms with Gasteiger partial charge >= 0.3 is 0 Å². The largest absolute Gasteiger partial charge is 0.493 e. The van der Waals surface area contributed by atoms with E-state index in [1.165, 1.54) is 0 Å². The van der Waals surface area contributed by atoms with Gasteiger partial charge in [0.15, 0.2) is 0 Å². The molecule has 1 atom stereocenters. The molecule has 0 saturated carbocycles. The van der Waals surface area contributed by atoms with Gasteiger partial charge in [-0.25, -0.2) is 0 Å². The minimum atomic E-state index is -0.325. The van der Waals surface area contributed by atoms with Crippen LogP contribution in [0.2, 0.25) is 0 Å². The molecule has 4 nitrogen and oxygen atoms in total. The van der Waals surface area contributed by atoms with E-state index in [1.807, 2.05) is 24.3 Å². The topological polar surface area (TPSA) is 50.4 Å². The van der Waals surface area contributed by atoms with Crippen LogP contribution in [0.3, 0.4) is 0 Å². The number of carbonyl (C=O) groups excluding carboxylic acids is 1. The summed E-state index contributed by atoms with van der Waals surface area (Å²) in [6, 6.07) is 7.28. The third-order valence-electron chi connectivity index (χ3n) is 2.59. The molecule has 1 amide bonds. The Morgan fingerprint density at radius 2 is 1.83 bits per heavy atom. The van der Waals surface area contributed by atoms with Crippen molar-refractivity contribution in [1.82, 2.24) is 10.6 Å². The maximum Gasteiger partial charge on any atom is 0.241 e. The van der Waals surface area contributed by atoms with E-state index in [2.05, 4.69) is 24.5 Å². The van der Waals surface area contributed by atoms with Crippen LogP contribution in [-0.2, 0) is 4.79 Å². The molecule has 0 heterocycles. The van der Waals surface area contributed by atoms with Crippen molar-refractivity contribution in [3.8, 4) is 5.75 Å². The van der Waals surface area contributed by atoms with Crippen LogP contribution in [0.1, 0.15) is 25.5 Å². The predicted octanol–water partition coefficient (Wildman–Crippen LogP) is 1.73. The van der Waals surface area contributed by atoms with Crippen LogP contribution in [0.4, 0.5) is 0 Å². The van der Waals surface area contributed by atoms with Gasteiger partial charge in [0.25, 0.3) is 0 Å². The Morgan fingerprint density at radius 3 is 2.28 bits per heavy atom. The SMILES string of the molecule is CNC(=O)C(NC)c1ccc(OCC(C)C)cc1. The first-order valence-corrected chi connectivity index (χ1v) is 6.20. The lowest BCUT2D eigenvalue weighted by Crippen LogP contribution is -2.33. The molecule has 0 saturated heterocycles. The number of ether oxygens (including phenoxy) is 1. The summed E-state index contributed by atoms with van der Waals surface area (Å²) >= 11 is 0. The van der Waals surface area contributed by atoms with E-state index in [4.69, 9.17) is 4.74 Å². The van der Waals surface area contributed by atoms with Crippen LogP contribution >= 0.6 is 0 Å². The summed E-state index contributed by atoms with van der Waals surface area (Å²) in [5.41, 5.74) is 0.925. The second-order valence-corrected chi connectivity index (χ2v) is 4.61. The third kappa shape index (κ3) is 4.04.